The Morgan fingerprint density at radius 3 is 2.25 bits per heavy atom. The summed E-state index contributed by atoms with van der Waals surface area (Å²) in [4.78, 5) is 11.7. The molecule has 0 fully saturated rings. The summed E-state index contributed by atoms with van der Waals surface area (Å²) < 4.78 is 84.4. The third-order valence-corrected chi connectivity index (χ3v) is 4.19. The number of methoxy groups -OCH3 is 1. The summed E-state index contributed by atoms with van der Waals surface area (Å²) in [7, 11) is 1.43. The first-order chi connectivity index (χ1) is 15.0. The summed E-state index contributed by atoms with van der Waals surface area (Å²) in [5.41, 5.74) is -3.57. The van der Waals surface area contributed by atoms with Crippen LogP contribution in [0.4, 0.5) is 32.0 Å². The number of benzene rings is 2. The lowest BCUT2D eigenvalue weighted by atomic mass is 9.99. The van der Waals surface area contributed by atoms with Gasteiger partial charge in [-0.2, -0.15) is 26.3 Å². The molecule has 11 heteroatoms. The van der Waals surface area contributed by atoms with Gasteiger partial charge < -0.3 is 15.3 Å². The van der Waals surface area contributed by atoms with Crippen LogP contribution in [0.5, 0.6) is 0 Å². The van der Waals surface area contributed by atoms with Gasteiger partial charge >= 0.3 is 12.4 Å². The van der Waals surface area contributed by atoms with E-state index in [1.54, 1.807) is 0 Å². The van der Waals surface area contributed by atoms with Crippen molar-refractivity contribution in [1.29, 1.82) is 0 Å². The number of hydrogen-bond donors (Lipinski definition) is 2. The maximum Gasteiger partial charge on any atom is 0.417 e. The molecule has 0 aliphatic heterocycles. The number of hydrogen-bond acceptors (Lipinski definition) is 4. The van der Waals surface area contributed by atoms with E-state index in [1.807, 2.05) is 0 Å². The maximum absolute atomic E-state index is 13.6. The second-order valence-corrected chi connectivity index (χ2v) is 6.49. The van der Waals surface area contributed by atoms with Crippen molar-refractivity contribution in [3.05, 3.63) is 71.3 Å². The molecule has 32 heavy (non-hydrogen) atoms. The molecule has 0 heterocycles. The van der Waals surface area contributed by atoms with Gasteiger partial charge in [-0.1, -0.05) is 29.4 Å². The number of allylic oxidation sites excluding steroid dienone is 2. The molecule has 2 N–H and O–H groups in total. The Bertz CT molecular complexity index is 996. The van der Waals surface area contributed by atoms with E-state index < -0.39 is 34.8 Å². The maximum atomic E-state index is 13.6. The fourth-order valence-electron chi connectivity index (χ4n) is 2.64. The summed E-state index contributed by atoms with van der Waals surface area (Å²) >= 11 is 0. The van der Waals surface area contributed by atoms with Gasteiger partial charge in [-0.3, -0.25) is 4.79 Å². The predicted molar refractivity (Wildman–Crippen MR) is 105 cm³/mol. The average Bonchev–Trinajstić information content (AvgIpc) is 2.72. The number of halogens is 6. The highest BCUT2D eigenvalue weighted by atomic mass is 19.4. The van der Waals surface area contributed by atoms with Crippen molar-refractivity contribution < 1.29 is 41.1 Å². The highest BCUT2D eigenvalue weighted by molar-refractivity contribution is 6.12. The van der Waals surface area contributed by atoms with Crippen LogP contribution < -0.4 is 5.32 Å². The largest absolute Gasteiger partial charge is 0.417 e. The summed E-state index contributed by atoms with van der Waals surface area (Å²) in [6, 6.07) is 8.07. The number of nitrogens with zero attached hydrogens (tertiary/aromatic N) is 1. The molecule has 0 radical (unpaired) electrons. The van der Waals surface area contributed by atoms with Crippen LogP contribution in [0.3, 0.4) is 0 Å². The average molecular weight is 460 g/mol. The lowest BCUT2D eigenvalue weighted by Gasteiger charge is -2.15. The SMILES string of the molecule is COCCC(=O)Nc1ccc(C(/C=C(/c2cccc(C(F)(F)F)c2)C(F)(F)F)=N\O)cc1. The van der Waals surface area contributed by atoms with Gasteiger partial charge in [0.05, 0.1) is 24.2 Å². The van der Waals surface area contributed by atoms with Crippen LogP contribution in [0.15, 0.2) is 59.8 Å². The Labute approximate surface area is 179 Å². The van der Waals surface area contributed by atoms with Gasteiger partial charge in [-0.05, 0) is 35.9 Å². The van der Waals surface area contributed by atoms with E-state index in [-0.39, 0.29) is 24.5 Å². The van der Waals surface area contributed by atoms with Crippen LogP contribution >= 0.6 is 0 Å². The molecular formula is C21H18F6N2O3. The lowest BCUT2D eigenvalue weighted by Crippen LogP contribution is -2.15. The number of anilines is 1. The first kappa shape index (κ1) is 24.9. The number of carbonyl (C=O) groups is 1. The summed E-state index contributed by atoms with van der Waals surface area (Å²) in [6.45, 7) is 0.200. The van der Waals surface area contributed by atoms with Crippen molar-refractivity contribution in [2.45, 2.75) is 18.8 Å². The van der Waals surface area contributed by atoms with Crippen molar-refractivity contribution >= 4 is 22.9 Å². The number of carbonyl (C=O) groups excluding carboxylic acids is 1. The summed E-state index contributed by atoms with van der Waals surface area (Å²) in [6.07, 6.45) is -9.32. The van der Waals surface area contributed by atoms with Gasteiger partial charge in [0.1, 0.15) is 5.71 Å². The van der Waals surface area contributed by atoms with Crippen molar-refractivity contribution in [2.75, 3.05) is 19.0 Å². The molecule has 0 saturated heterocycles. The number of ether oxygens (including phenoxy) is 1. The number of nitrogens with one attached hydrogen (secondary N) is 1. The summed E-state index contributed by atoms with van der Waals surface area (Å²) in [5, 5.41) is 14.7. The highest BCUT2D eigenvalue weighted by Gasteiger charge is 2.37. The van der Waals surface area contributed by atoms with E-state index in [2.05, 4.69) is 10.5 Å². The van der Waals surface area contributed by atoms with Crippen LogP contribution in [-0.2, 0) is 15.7 Å². The second-order valence-electron chi connectivity index (χ2n) is 6.49. The number of alkyl halides is 6. The highest BCUT2D eigenvalue weighted by Crippen LogP contribution is 2.37. The summed E-state index contributed by atoms with van der Waals surface area (Å²) in [5.74, 6) is -0.348. The van der Waals surface area contributed by atoms with Gasteiger partial charge in [0.2, 0.25) is 5.91 Å². The normalized spacial score (nSPS) is 13.2. The fraction of sp³-hybridized carbons (Fsp3) is 0.238. The zero-order valence-electron chi connectivity index (χ0n) is 16.6. The van der Waals surface area contributed by atoms with Crippen LogP contribution in [-0.4, -0.2) is 36.7 Å². The molecule has 2 aromatic rings. The Morgan fingerprint density at radius 1 is 1.06 bits per heavy atom. The van der Waals surface area contributed by atoms with Crippen LogP contribution in [0.25, 0.3) is 5.57 Å². The van der Waals surface area contributed by atoms with Gasteiger partial charge in [0, 0.05) is 18.4 Å². The standard InChI is InChI=1S/C21H18F6N2O3/c1-32-10-9-19(30)28-16-7-5-13(6-8-16)18(29-31)12-17(21(25,26)27)14-3-2-4-15(11-14)20(22,23)24/h2-8,11-12,31H,9-10H2,1H3,(H,28,30)/b17-12-,29-18-. The minimum atomic E-state index is -5.03. The molecule has 0 aliphatic carbocycles. The number of oxime groups is 1. The number of amides is 1. The van der Waals surface area contributed by atoms with Crippen molar-refractivity contribution in [3.63, 3.8) is 0 Å². The second kappa shape index (κ2) is 10.3. The zero-order chi connectivity index (χ0) is 23.9. The van der Waals surface area contributed by atoms with Gasteiger partial charge in [0.15, 0.2) is 0 Å². The van der Waals surface area contributed by atoms with E-state index in [1.165, 1.54) is 31.4 Å². The molecule has 0 bridgehead atoms. The third kappa shape index (κ3) is 6.84. The van der Waals surface area contributed by atoms with Crippen molar-refractivity contribution in [2.24, 2.45) is 5.16 Å². The molecule has 172 valence electrons. The van der Waals surface area contributed by atoms with Gasteiger partial charge in [-0.25, -0.2) is 0 Å². The van der Waals surface area contributed by atoms with Gasteiger partial charge in [-0.15, -0.1) is 0 Å². The minimum absolute atomic E-state index is 0.0381. The molecule has 0 spiro atoms. The molecule has 0 saturated carbocycles. The topological polar surface area (TPSA) is 70.9 Å². The molecule has 0 atom stereocenters. The molecular weight excluding hydrogens is 442 g/mol. The molecule has 2 aromatic carbocycles. The minimum Gasteiger partial charge on any atom is -0.410 e. The zero-order valence-corrected chi connectivity index (χ0v) is 16.6. The van der Waals surface area contributed by atoms with Crippen molar-refractivity contribution in [3.8, 4) is 0 Å². The Balaban J connectivity index is 2.37. The van der Waals surface area contributed by atoms with E-state index in [0.29, 0.717) is 23.9 Å². The van der Waals surface area contributed by atoms with Crippen LogP contribution in [0.2, 0.25) is 0 Å². The fourth-order valence-corrected chi connectivity index (χ4v) is 2.64. The van der Waals surface area contributed by atoms with Crippen LogP contribution in [0.1, 0.15) is 23.1 Å². The van der Waals surface area contributed by atoms with Gasteiger partial charge in [0.25, 0.3) is 0 Å². The molecule has 2 rings (SSSR count). The van der Waals surface area contributed by atoms with Crippen LogP contribution in [0, 0.1) is 0 Å². The van der Waals surface area contributed by atoms with E-state index in [0.717, 1.165) is 12.1 Å². The molecule has 0 aliphatic rings. The predicted octanol–water partition coefficient (Wildman–Crippen LogP) is 5.50. The van der Waals surface area contributed by atoms with E-state index in [9.17, 15) is 36.3 Å². The van der Waals surface area contributed by atoms with E-state index in [4.69, 9.17) is 4.74 Å². The molecule has 1 amide bonds. The number of rotatable bonds is 7. The third-order valence-electron chi connectivity index (χ3n) is 4.19. The monoisotopic (exact) mass is 460 g/mol. The van der Waals surface area contributed by atoms with Crippen molar-refractivity contribution in [1.82, 2.24) is 0 Å². The first-order valence-electron chi connectivity index (χ1n) is 9.03. The first-order valence-corrected chi connectivity index (χ1v) is 9.03. The molecule has 5 nitrogen and oxygen atoms in total. The smallest absolute Gasteiger partial charge is 0.410 e. The Kier molecular flexibility index (Phi) is 8.03. The quantitative estimate of drug-likeness (QED) is 0.248. The Hall–Kier alpha value is -3.34. The van der Waals surface area contributed by atoms with E-state index >= 15 is 0 Å². The Morgan fingerprint density at radius 2 is 1.72 bits per heavy atom. The molecule has 0 unspecified atom stereocenters. The lowest BCUT2D eigenvalue weighted by molar-refractivity contribution is -0.137. The molecule has 0 aromatic heterocycles.